The number of pyridine rings is 1. The fourth-order valence-corrected chi connectivity index (χ4v) is 4.82. The summed E-state index contributed by atoms with van der Waals surface area (Å²) in [7, 11) is 0. The van der Waals surface area contributed by atoms with Crippen LogP contribution in [0.2, 0.25) is 15.3 Å². The zero-order chi connectivity index (χ0) is 22.9. The molecule has 33 heavy (non-hydrogen) atoms. The Morgan fingerprint density at radius 3 is 2.52 bits per heavy atom. The normalized spacial score (nSPS) is 17.3. The summed E-state index contributed by atoms with van der Waals surface area (Å²) in [6, 6.07) is 5.84. The largest absolute Gasteiger partial charge is 0.486 e. The number of halogens is 3. The minimum absolute atomic E-state index is 0.122. The van der Waals surface area contributed by atoms with Gasteiger partial charge in [-0.2, -0.15) is 5.10 Å². The lowest BCUT2D eigenvalue weighted by Crippen LogP contribution is -2.19. The summed E-state index contributed by atoms with van der Waals surface area (Å²) in [5, 5.41) is 6.87. The van der Waals surface area contributed by atoms with Gasteiger partial charge in [-0.1, -0.05) is 23.2 Å². The molecule has 4 heterocycles. The minimum atomic E-state index is -0.385. The van der Waals surface area contributed by atoms with Gasteiger partial charge in [0, 0.05) is 47.9 Å². The number of rotatable bonds is 5. The molecule has 1 aliphatic heterocycles. The molecule has 3 aromatic heterocycles. The first kappa shape index (κ1) is 22.3. The zero-order valence-corrected chi connectivity index (χ0v) is 20.0. The van der Waals surface area contributed by atoms with Gasteiger partial charge in [-0.15, -0.1) is 0 Å². The van der Waals surface area contributed by atoms with E-state index >= 15 is 0 Å². The van der Waals surface area contributed by atoms with Crippen molar-refractivity contribution in [3.05, 3.63) is 63.9 Å². The second-order valence-electron chi connectivity index (χ2n) is 7.81. The van der Waals surface area contributed by atoms with E-state index in [9.17, 15) is 0 Å². The monoisotopic (exact) mass is 503 g/mol. The SMILES string of the molecule is C[C@@H](Oc1ccc2c(c1)c(-c1cnc(Cl)nc1)nn2C1CCCCO1)c1c(Cl)cncc1Cl. The highest BCUT2D eigenvalue weighted by molar-refractivity contribution is 6.35. The van der Waals surface area contributed by atoms with Gasteiger partial charge in [0.05, 0.1) is 15.6 Å². The topological polar surface area (TPSA) is 75.0 Å². The maximum absolute atomic E-state index is 6.31. The molecule has 2 atom stereocenters. The van der Waals surface area contributed by atoms with Gasteiger partial charge in [-0.3, -0.25) is 4.98 Å². The molecule has 0 N–H and O–H groups in total. The van der Waals surface area contributed by atoms with Crippen molar-refractivity contribution in [3.63, 3.8) is 0 Å². The van der Waals surface area contributed by atoms with Crippen molar-refractivity contribution in [1.29, 1.82) is 0 Å². The molecule has 1 unspecified atom stereocenters. The van der Waals surface area contributed by atoms with Crippen molar-refractivity contribution in [2.45, 2.75) is 38.5 Å². The van der Waals surface area contributed by atoms with Crippen molar-refractivity contribution in [1.82, 2.24) is 24.7 Å². The molecule has 170 valence electrons. The number of aromatic nitrogens is 5. The van der Waals surface area contributed by atoms with Crippen LogP contribution >= 0.6 is 34.8 Å². The van der Waals surface area contributed by atoms with Crippen LogP contribution in [-0.2, 0) is 4.74 Å². The number of benzene rings is 1. The zero-order valence-electron chi connectivity index (χ0n) is 17.7. The molecule has 0 spiro atoms. The number of hydrogen-bond acceptors (Lipinski definition) is 6. The molecular weight excluding hydrogens is 485 g/mol. The lowest BCUT2D eigenvalue weighted by atomic mass is 10.1. The second-order valence-corrected chi connectivity index (χ2v) is 8.96. The van der Waals surface area contributed by atoms with Crippen molar-refractivity contribution in [3.8, 4) is 17.0 Å². The summed E-state index contributed by atoms with van der Waals surface area (Å²) in [6.45, 7) is 2.61. The minimum Gasteiger partial charge on any atom is -0.486 e. The van der Waals surface area contributed by atoms with Gasteiger partial charge in [-0.25, -0.2) is 14.6 Å². The van der Waals surface area contributed by atoms with E-state index in [-0.39, 0.29) is 17.6 Å². The third kappa shape index (κ3) is 4.51. The van der Waals surface area contributed by atoms with Crippen LogP contribution < -0.4 is 4.74 Å². The highest BCUT2D eigenvalue weighted by atomic mass is 35.5. The third-order valence-electron chi connectivity index (χ3n) is 5.61. The van der Waals surface area contributed by atoms with Crippen LogP contribution in [0.1, 0.15) is 44.1 Å². The maximum Gasteiger partial charge on any atom is 0.222 e. The summed E-state index contributed by atoms with van der Waals surface area (Å²) in [5.74, 6) is 0.652. The number of nitrogens with zero attached hydrogens (tertiary/aromatic N) is 5. The molecule has 0 aliphatic carbocycles. The smallest absolute Gasteiger partial charge is 0.222 e. The van der Waals surface area contributed by atoms with Crippen molar-refractivity contribution in [2.24, 2.45) is 0 Å². The quantitative estimate of drug-likeness (QED) is 0.282. The average Bonchev–Trinajstić information content (AvgIpc) is 3.19. The molecule has 0 bridgehead atoms. The number of fused-ring (bicyclic) bond motifs is 1. The van der Waals surface area contributed by atoms with Crippen molar-refractivity contribution in [2.75, 3.05) is 6.61 Å². The van der Waals surface area contributed by atoms with E-state index < -0.39 is 0 Å². The third-order valence-corrected chi connectivity index (χ3v) is 6.41. The first-order chi connectivity index (χ1) is 16.0. The highest BCUT2D eigenvalue weighted by Gasteiger charge is 2.23. The summed E-state index contributed by atoms with van der Waals surface area (Å²) in [4.78, 5) is 12.3. The van der Waals surface area contributed by atoms with Crippen LogP contribution in [0, 0.1) is 0 Å². The Balaban J connectivity index is 1.57. The standard InChI is InChI=1S/C23H20Cl3N5O2/c1-13(21-17(24)11-27-12-18(21)25)33-15-5-6-19-16(8-15)22(14-9-28-23(26)29-10-14)30-31(19)20-4-2-3-7-32-20/h5-6,8-13,20H,2-4,7H2,1H3/t13-,20?/m1/s1. The second kappa shape index (κ2) is 9.43. The van der Waals surface area contributed by atoms with Crippen molar-refractivity contribution < 1.29 is 9.47 Å². The van der Waals surface area contributed by atoms with Gasteiger partial charge >= 0.3 is 0 Å². The summed E-state index contributed by atoms with van der Waals surface area (Å²) >= 11 is 18.5. The predicted molar refractivity (Wildman–Crippen MR) is 128 cm³/mol. The Hall–Kier alpha value is -2.45. The first-order valence-corrected chi connectivity index (χ1v) is 11.7. The van der Waals surface area contributed by atoms with Gasteiger partial charge < -0.3 is 9.47 Å². The van der Waals surface area contributed by atoms with E-state index in [1.807, 2.05) is 29.8 Å². The molecule has 1 aromatic carbocycles. The molecule has 5 rings (SSSR count). The summed E-state index contributed by atoms with van der Waals surface area (Å²) < 4.78 is 14.2. The number of hydrogen-bond donors (Lipinski definition) is 0. The Morgan fingerprint density at radius 2 is 1.82 bits per heavy atom. The lowest BCUT2D eigenvalue weighted by molar-refractivity contribution is -0.0365. The molecule has 0 radical (unpaired) electrons. The van der Waals surface area contributed by atoms with Crippen molar-refractivity contribution >= 4 is 45.7 Å². The van der Waals surface area contributed by atoms with E-state index in [4.69, 9.17) is 49.4 Å². The predicted octanol–water partition coefficient (Wildman–Crippen LogP) is 6.69. The Labute approximate surface area is 205 Å². The molecule has 10 heteroatoms. The van der Waals surface area contributed by atoms with Crippen LogP contribution in [0.4, 0.5) is 0 Å². The molecule has 1 aliphatic rings. The molecular formula is C23H20Cl3N5O2. The van der Waals surface area contributed by atoms with Gasteiger partial charge in [0.1, 0.15) is 17.5 Å². The van der Waals surface area contributed by atoms with Crippen LogP contribution in [0.5, 0.6) is 5.75 Å². The molecule has 0 amide bonds. The summed E-state index contributed by atoms with van der Waals surface area (Å²) in [5.41, 5.74) is 3.11. The van der Waals surface area contributed by atoms with Gasteiger partial charge in [0.15, 0.2) is 6.23 Å². The highest BCUT2D eigenvalue weighted by Crippen LogP contribution is 2.37. The van der Waals surface area contributed by atoms with Crippen LogP contribution in [0.3, 0.4) is 0 Å². The Kier molecular flexibility index (Phi) is 6.38. The van der Waals surface area contributed by atoms with E-state index in [0.29, 0.717) is 21.4 Å². The fourth-order valence-electron chi connectivity index (χ4n) is 4.05. The van der Waals surface area contributed by atoms with Crippen LogP contribution in [-0.4, -0.2) is 31.3 Å². The van der Waals surface area contributed by atoms with E-state index in [1.165, 1.54) is 0 Å². The first-order valence-electron chi connectivity index (χ1n) is 10.6. The molecule has 1 fully saturated rings. The average molecular weight is 505 g/mol. The molecule has 1 saturated heterocycles. The fraction of sp³-hybridized carbons (Fsp3) is 0.304. The molecule has 4 aromatic rings. The Bertz CT molecular complexity index is 1270. The maximum atomic E-state index is 6.31. The van der Waals surface area contributed by atoms with Crippen LogP contribution in [0.25, 0.3) is 22.2 Å². The Morgan fingerprint density at radius 1 is 1.06 bits per heavy atom. The van der Waals surface area contributed by atoms with Crippen LogP contribution in [0.15, 0.2) is 43.0 Å². The van der Waals surface area contributed by atoms with Gasteiger partial charge in [0.25, 0.3) is 0 Å². The van der Waals surface area contributed by atoms with E-state index in [2.05, 4.69) is 15.0 Å². The molecule has 7 nitrogen and oxygen atoms in total. The van der Waals surface area contributed by atoms with E-state index in [0.717, 1.165) is 48.0 Å². The van der Waals surface area contributed by atoms with Gasteiger partial charge in [0.2, 0.25) is 5.28 Å². The van der Waals surface area contributed by atoms with E-state index in [1.54, 1.807) is 24.8 Å². The van der Waals surface area contributed by atoms with Gasteiger partial charge in [-0.05, 0) is 56.0 Å². The summed E-state index contributed by atoms with van der Waals surface area (Å²) in [6.07, 6.45) is 8.99. The number of ether oxygens (including phenoxy) is 2. The molecule has 0 saturated carbocycles. The lowest BCUT2D eigenvalue weighted by Gasteiger charge is -2.23.